The topological polar surface area (TPSA) is 78.4 Å². The van der Waals surface area contributed by atoms with Gasteiger partial charge in [0.2, 0.25) is 5.75 Å². The predicted octanol–water partition coefficient (Wildman–Crippen LogP) is 1.19. The summed E-state index contributed by atoms with van der Waals surface area (Å²) in [7, 11) is 4.73. The quantitative estimate of drug-likeness (QED) is 0.889. The maximum absolute atomic E-state index is 11.4. The molecule has 1 N–H and O–H groups in total. The highest BCUT2D eigenvalue weighted by atomic mass is 16.5. The van der Waals surface area contributed by atoms with Crippen LogP contribution in [0, 0.1) is 0 Å². The molecule has 7 nitrogen and oxygen atoms in total. The zero-order valence-corrected chi connectivity index (χ0v) is 11.9. The van der Waals surface area contributed by atoms with Gasteiger partial charge >= 0.3 is 5.69 Å². The number of aromatic amines is 1. The third-order valence-electron chi connectivity index (χ3n) is 2.89. The highest BCUT2D eigenvalue weighted by Crippen LogP contribution is 2.40. The van der Waals surface area contributed by atoms with Gasteiger partial charge in [0, 0.05) is 12.6 Å². The Bertz CT molecular complexity index is 635. The van der Waals surface area contributed by atoms with Crippen molar-refractivity contribution in [3.63, 3.8) is 0 Å². The molecular weight excluding hydrogens is 262 g/mol. The summed E-state index contributed by atoms with van der Waals surface area (Å²) >= 11 is 0. The van der Waals surface area contributed by atoms with E-state index in [4.69, 9.17) is 14.2 Å². The Hall–Kier alpha value is -2.44. The number of aromatic nitrogens is 3. The molecule has 108 valence electrons. The van der Waals surface area contributed by atoms with E-state index in [9.17, 15) is 4.79 Å². The number of ether oxygens (including phenoxy) is 3. The molecule has 0 saturated heterocycles. The third kappa shape index (κ3) is 2.34. The summed E-state index contributed by atoms with van der Waals surface area (Å²) in [6, 6.07) is 3.51. The number of rotatable bonds is 5. The minimum absolute atomic E-state index is 0.285. The highest BCUT2D eigenvalue weighted by Gasteiger charge is 2.17. The van der Waals surface area contributed by atoms with Gasteiger partial charge in [0.15, 0.2) is 17.3 Å². The molecule has 0 amide bonds. The van der Waals surface area contributed by atoms with Gasteiger partial charge in [-0.05, 0) is 19.1 Å². The number of H-pyrrole nitrogens is 1. The average Bonchev–Trinajstić information content (AvgIpc) is 2.79. The summed E-state index contributed by atoms with van der Waals surface area (Å²) in [5, 5.41) is 6.38. The molecule has 7 heteroatoms. The molecule has 2 aromatic rings. The van der Waals surface area contributed by atoms with Crippen LogP contribution in [0.2, 0.25) is 0 Å². The van der Waals surface area contributed by atoms with Crippen LogP contribution in [-0.2, 0) is 7.05 Å². The summed E-state index contributed by atoms with van der Waals surface area (Å²) in [6.45, 7) is 2.37. The minimum atomic E-state index is -0.285. The Morgan fingerprint density at radius 1 is 1.25 bits per heavy atom. The minimum Gasteiger partial charge on any atom is -0.493 e. The van der Waals surface area contributed by atoms with E-state index in [0.29, 0.717) is 35.2 Å². The molecule has 0 bridgehead atoms. The fraction of sp³-hybridized carbons (Fsp3) is 0.385. The van der Waals surface area contributed by atoms with Crippen molar-refractivity contribution in [2.75, 3.05) is 20.8 Å². The van der Waals surface area contributed by atoms with Crippen molar-refractivity contribution in [1.29, 1.82) is 0 Å². The number of hydrogen-bond donors (Lipinski definition) is 1. The normalized spacial score (nSPS) is 10.4. The molecule has 0 atom stereocenters. The zero-order chi connectivity index (χ0) is 14.7. The Morgan fingerprint density at radius 3 is 2.25 bits per heavy atom. The van der Waals surface area contributed by atoms with Gasteiger partial charge in [-0.3, -0.25) is 4.57 Å². The second kappa shape index (κ2) is 5.68. The summed E-state index contributed by atoms with van der Waals surface area (Å²) in [5.74, 6) is 2.07. The monoisotopic (exact) mass is 279 g/mol. The van der Waals surface area contributed by atoms with E-state index >= 15 is 0 Å². The molecule has 0 unspecified atom stereocenters. The molecule has 0 spiro atoms. The highest BCUT2D eigenvalue weighted by molar-refractivity contribution is 5.66. The van der Waals surface area contributed by atoms with Gasteiger partial charge < -0.3 is 14.2 Å². The van der Waals surface area contributed by atoms with Crippen molar-refractivity contribution in [1.82, 2.24) is 14.8 Å². The summed E-state index contributed by atoms with van der Waals surface area (Å²) in [6.07, 6.45) is 0. The van der Waals surface area contributed by atoms with Crippen LogP contribution in [0.3, 0.4) is 0 Å². The van der Waals surface area contributed by atoms with E-state index in [1.807, 2.05) is 6.92 Å². The summed E-state index contributed by atoms with van der Waals surface area (Å²) < 4.78 is 17.6. The number of benzene rings is 1. The van der Waals surface area contributed by atoms with E-state index < -0.39 is 0 Å². The molecule has 0 aliphatic carbocycles. The Balaban J connectivity index is 2.61. The first-order chi connectivity index (χ1) is 9.62. The second-order valence-electron chi connectivity index (χ2n) is 4.05. The van der Waals surface area contributed by atoms with Gasteiger partial charge in [0.1, 0.15) is 0 Å². The Kier molecular flexibility index (Phi) is 3.97. The number of methoxy groups -OCH3 is 2. The van der Waals surface area contributed by atoms with Crippen LogP contribution in [0.25, 0.3) is 11.4 Å². The van der Waals surface area contributed by atoms with Crippen LogP contribution < -0.4 is 19.9 Å². The van der Waals surface area contributed by atoms with E-state index in [1.165, 1.54) is 4.57 Å². The molecule has 1 heterocycles. The molecule has 0 radical (unpaired) electrons. The lowest BCUT2D eigenvalue weighted by molar-refractivity contribution is 0.288. The van der Waals surface area contributed by atoms with Gasteiger partial charge in [-0.2, -0.15) is 5.10 Å². The van der Waals surface area contributed by atoms with E-state index in [1.54, 1.807) is 33.4 Å². The first kappa shape index (κ1) is 14.0. The van der Waals surface area contributed by atoms with Crippen LogP contribution in [0.4, 0.5) is 0 Å². The van der Waals surface area contributed by atoms with Gasteiger partial charge in [-0.25, -0.2) is 9.89 Å². The summed E-state index contributed by atoms with van der Waals surface area (Å²) in [4.78, 5) is 11.4. The van der Waals surface area contributed by atoms with Gasteiger partial charge in [-0.15, -0.1) is 0 Å². The lowest BCUT2D eigenvalue weighted by Gasteiger charge is -2.14. The van der Waals surface area contributed by atoms with Crippen molar-refractivity contribution in [3.05, 3.63) is 22.6 Å². The van der Waals surface area contributed by atoms with E-state index in [0.717, 1.165) is 0 Å². The molecule has 0 saturated carbocycles. The van der Waals surface area contributed by atoms with Gasteiger partial charge in [-0.1, -0.05) is 0 Å². The van der Waals surface area contributed by atoms with Crippen molar-refractivity contribution in [2.24, 2.45) is 7.05 Å². The maximum Gasteiger partial charge on any atom is 0.343 e. The molecule has 0 aliphatic rings. The standard InChI is InChI=1S/C13H17N3O4/c1-5-20-11-9(18-3)6-8(7-10(11)19-4)12-14-15-13(17)16(12)2/h6-7H,5H2,1-4H3,(H,15,17). The molecule has 1 aromatic carbocycles. The molecule has 20 heavy (non-hydrogen) atoms. The van der Waals surface area contributed by atoms with Crippen molar-refractivity contribution in [2.45, 2.75) is 6.92 Å². The smallest absolute Gasteiger partial charge is 0.343 e. The van der Waals surface area contributed by atoms with Crippen molar-refractivity contribution in [3.8, 4) is 28.6 Å². The van der Waals surface area contributed by atoms with Crippen LogP contribution >= 0.6 is 0 Å². The van der Waals surface area contributed by atoms with Crippen LogP contribution in [0.5, 0.6) is 17.2 Å². The molecule has 0 aliphatic heterocycles. The maximum atomic E-state index is 11.4. The average molecular weight is 279 g/mol. The fourth-order valence-electron chi connectivity index (χ4n) is 1.90. The lowest BCUT2D eigenvalue weighted by Crippen LogP contribution is -2.13. The second-order valence-corrected chi connectivity index (χ2v) is 4.05. The van der Waals surface area contributed by atoms with Crippen LogP contribution in [0.15, 0.2) is 16.9 Å². The largest absolute Gasteiger partial charge is 0.493 e. The fourth-order valence-corrected chi connectivity index (χ4v) is 1.90. The first-order valence-electron chi connectivity index (χ1n) is 6.13. The predicted molar refractivity (Wildman–Crippen MR) is 73.5 cm³/mol. The molecule has 2 rings (SSSR count). The molecule has 1 aromatic heterocycles. The third-order valence-corrected chi connectivity index (χ3v) is 2.89. The number of hydrogen-bond acceptors (Lipinski definition) is 5. The summed E-state index contributed by atoms with van der Waals surface area (Å²) in [5.41, 5.74) is 0.412. The number of nitrogens with zero attached hydrogens (tertiary/aromatic N) is 2. The van der Waals surface area contributed by atoms with Crippen molar-refractivity contribution >= 4 is 0 Å². The lowest BCUT2D eigenvalue weighted by atomic mass is 10.1. The molecule has 0 fully saturated rings. The zero-order valence-electron chi connectivity index (χ0n) is 11.9. The van der Waals surface area contributed by atoms with Crippen molar-refractivity contribution < 1.29 is 14.2 Å². The first-order valence-corrected chi connectivity index (χ1v) is 6.13. The number of nitrogens with one attached hydrogen (secondary N) is 1. The van der Waals surface area contributed by atoms with Crippen LogP contribution in [0.1, 0.15) is 6.92 Å². The Labute approximate surface area is 116 Å². The van der Waals surface area contributed by atoms with E-state index in [-0.39, 0.29) is 5.69 Å². The van der Waals surface area contributed by atoms with Gasteiger partial charge in [0.25, 0.3) is 0 Å². The SMILES string of the molecule is CCOc1c(OC)cc(-c2n[nH]c(=O)n2C)cc1OC. The van der Waals surface area contributed by atoms with Crippen LogP contribution in [-0.4, -0.2) is 35.6 Å². The molecular formula is C13H17N3O4. The van der Waals surface area contributed by atoms with E-state index in [2.05, 4.69) is 10.2 Å². The Morgan fingerprint density at radius 2 is 1.85 bits per heavy atom. The van der Waals surface area contributed by atoms with Gasteiger partial charge in [0.05, 0.1) is 20.8 Å².